The highest BCUT2D eigenvalue weighted by Gasteiger charge is 2.21. The molecule has 1 atom stereocenters. The van der Waals surface area contributed by atoms with E-state index < -0.39 is 11.9 Å². The maximum absolute atomic E-state index is 14.3. The van der Waals surface area contributed by atoms with Crippen LogP contribution >= 0.6 is 11.6 Å². The summed E-state index contributed by atoms with van der Waals surface area (Å²) in [5.41, 5.74) is 1.23. The van der Waals surface area contributed by atoms with Gasteiger partial charge in [0.05, 0.1) is 25.3 Å². The molecule has 0 heterocycles. The third kappa shape index (κ3) is 3.12. The largest absolute Gasteiger partial charge is 0.497 e. The molecule has 0 bridgehead atoms. The lowest BCUT2D eigenvalue weighted by Gasteiger charge is -2.21. The minimum atomic E-state index is -0.441. The minimum Gasteiger partial charge on any atom is -0.497 e. The second kappa shape index (κ2) is 6.78. The fraction of sp³-hybridized carbons (Fsp3) is 0.250. The molecule has 0 aliphatic heterocycles. The van der Waals surface area contributed by atoms with Gasteiger partial charge in [-0.15, -0.1) is 0 Å². The van der Waals surface area contributed by atoms with Crippen LogP contribution in [0.3, 0.4) is 0 Å². The molecule has 0 fully saturated rings. The zero-order valence-electron chi connectivity index (χ0n) is 12.1. The standard InChI is InChI=1S/C16H17ClFNO2/c1-19-16(11-5-4-6-13(17)15(11)18)12-9-10(20-2)7-8-14(12)21-3/h4-9,16,19H,1-3H3. The van der Waals surface area contributed by atoms with Crippen LogP contribution in [-0.4, -0.2) is 21.3 Å². The summed E-state index contributed by atoms with van der Waals surface area (Å²) >= 11 is 5.88. The molecule has 3 nitrogen and oxygen atoms in total. The number of ether oxygens (including phenoxy) is 2. The van der Waals surface area contributed by atoms with Crippen molar-refractivity contribution in [3.63, 3.8) is 0 Å². The fourth-order valence-corrected chi connectivity index (χ4v) is 2.47. The molecule has 0 aromatic heterocycles. The molecular weight excluding hydrogens is 293 g/mol. The Hall–Kier alpha value is -1.78. The number of halogens is 2. The lowest BCUT2D eigenvalue weighted by atomic mass is 9.97. The Kier molecular flexibility index (Phi) is 5.04. The maximum atomic E-state index is 14.3. The van der Waals surface area contributed by atoms with Gasteiger partial charge >= 0.3 is 0 Å². The average molecular weight is 310 g/mol. The Morgan fingerprint density at radius 1 is 1.10 bits per heavy atom. The predicted molar refractivity (Wildman–Crippen MR) is 81.9 cm³/mol. The average Bonchev–Trinajstić information content (AvgIpc) is 2.52. The van der Waals surface area contributed by atoms with Gasteiger partial charge in [0.1, 0.15) is 17.3 Å². The number of benzene rings is 2. The Morgan fingerprint density at radius 2 is 1.86 bits per heavy atom. The molecule has 0 amide bonds. The molecule has 0 aliphatic rings. The van der Waals surface area contributed by atoms with Crippen LogP contribution < -0.4 is 14.8 Å². The first-order chi connectivity index (χ1) is 10.1. The summed E-state index contributed by atoms with van der Waals surface area (Å²) in [5.74, 6) is 0.881. The van der Waals surface area contributed by atoms with Gasteiger partial charge in [-0.2, -0.15) is 0 Å². The van der Waals surface area contributed by atoms with Gasteiger partial charge in [-0.25, -0.2) is 4.39 Å². The predicted octanol–water partition coefficient (Wildman–Crippen LogP) is 3.81. The Balaban J connectivity index is 2.57. The lowest BCUT2D eigenvalue weighted by Crippen LogP contribution is -2.20. The normalized spacial score (nSPS) is 12.0. The zero-order valence-corrected chi connectivity index (χ0v) is 12.9. The van der Waals surface area contributed by atoms with Gasteiger partial charge in [0.25, 0.3) is 0 Å². The van der Waals surface area contributed by atoms with E-state index in [4.69, 9.17) is 21.1 Å². The van der Waals surface area contributed by atoms with Crippen LogP contribution in [0, 0.1) is 5.82 Å². The van der Waals surface area contributed by atoms with Crippen molar-refractivity contribution >= 4 is 11.6 Å². The second-order valence-electron chi connectivity index (χ2n) is 4.47. The molecule has 2 rings (SSSR count). The van der Waals surface area contributed by atoms with E-state index in [-0.39, 0.29) is 5.02 Å². The summed E-state index contributed by atoms with van der Waals surface area (Å²) in [6.45, 7) is 0. The Bertz CT molecular complexity index is 634. The number of rotatable bonds is 5. The molecule has 2 aromatic carbocycles. The Labute approximate surface area is 128 Å². The second-order valence-corrected chi connectivity index (χ2v) is 4.88. The highest BCUT2D eigenvalue weighted by molar-refractivity contribution is 6.30. The molecule has 1 N–H and O–H groups in total. The fourth-order valence-electron chi connectivity index (χ4n) is 2.29. The maximum Gasteiger partial charge on any atom is 0.146 e. The Morgan fingerprint density at radius 3 is 2.48 bits per heavy atom. The summed E-state index contributed by atoms with van der Waals surface area (Å²) in [6, 6.07) is 9.95. The van der Waals surface area contributed by atoms with Crippen LogP contribution in [0.1, 0.15) is 17.2 Å². The van der Waals surface area contributed by atoms with E-state index in [0.29, 0.717) is 17.1 Å². The van der Waals surface area contributed by atoms with Gasteiger partial charge in [-0.3, -0.25) is 0 Å². The van der Waals surface area contributed by atoms with Crippen molar-refractivity contribution in [1.29, 1.82) is 0 Å². The number of nitrogens with one attached hydrogen (secondary N) is 1. The van der Waals surface area contributed by atoms with Gasteiger partial charge in [0.15, 0.2) is 0 Å². The molecule has 112 valence electrons. The first kappa shape index (κ1) is 15.6. The van der Waals surface area contributed by atoms with Crippen molar-refractivity contribution in [2.24, 2.45) is 0 Å². The molecule has 0 aliphatic carbocycles. The topological polar surface area (TPSA) is 30.5 Å². The van der Waals surface area contributed by atoms with Gasteiger partial charge < -0.3 is 14.8 Å². The van der Waals surface area contributed by atoms with E-state index in [9.17, 15) is 4.39 Å². The summed E-state index contributed by atoms with van der Waals surface area (Å²) in [6.07, 6.45) is 0. The zero-order chi connectivity index (χ0) is 15.4. The van der Waals surface area contributed by atoms with Crippen LogP contribution in [-0.2, 0) is 0 Å². The van der Waals surface area contributed by atoms with Gasteiger partial charge in [0.2, 0.25) is 0 Å². The summed E-state index contributed by atoms with van der Waals surface area (Å²) in [4.78, 5) is 0. The van der Waals surface area contributed by atoms with Crippen molar-refractivity contribution in [1.82, 2.24) is 5.32 Å². The monoisotopic (exact) mass is 309 g/mol. The number of hydrogen-bond acceptors (Lipinski definition) is 3. The van der Waals surface area contributed by atoms with Crippen LogP contribution in [0.5, 0.6) is 11.5 Å². The van der Waals surface area contributed by atoms with Crippen LogP contribution in [0.25, 0.3) is 0 Å². The van der Waals surface area contributed by atoms with Crippen LogP contribution in [0.2, 0.25) is 5.02 Å². The van der Waals surface area contributed by atoms with Crippen molar-refractivity contribution in [3.05, 3.63) is 58.4 Å². The summed E-state index contributed by atoms with van der Waals surface area (Å²) < 4.78 is 24.9. The summed E-state index contributed by atoms with van der Waals surface area (Å²) in [7, 11) is 4.91. The van der Waals surface area contributed by atoms with E-state index >= 15 is 0 Å². The van der Waals surface area contributed by atoms with E-state index in [1.807, 2.05) is 6.07 Å². The molecule has 0 radical (unpaired) electrons. The number of hydrogen-bond donors (Lipinski definition) is 1. The molecule has 21 heavy (non-hydrogen) atoms. The molecular formula is C16H17ClFNO2. The first-order valence-corrected chi connectivity index (χ1v) is 6.83. The van der Waals surface area contributed by atoms with Crippen molar-refractivity contribution in [2.45, 2.75) is 6.04 Å². The van der Waals surface area contributed by atoms with Gasteiger partial charge in [0, 0.05) is 11.1 Å². The quantitative estimate of drug-likeness (QED) is 0.911. The minimum absolute atomic E-state index is 0.0922. The van der Waals surface area contributed by atoms with Crippen LogP contribution in [0.4, 0.5) is 4.39 Å². The lowest BCUT2D eigenvalue weighted by molar-refractivity contribution is 0.394. The third-order valence-electron chi connectivity index (χ3n) is 3.33. The van der Waals surface area contributed by atoms with Crippen LogP contribution in [0.15, 0.2) is 36.4 Å². The first-order valence-electron chi connectivity index (χ1n) is 6.45. The molecule has 0 saturated heterocycles. The van der Waals surface area contributed by atoms with Crippen molar-refractivity contribution < 1.29 is 13.9 Å². The SMILES string of the molecule is CNC(c1cc(OC)ccc1OC)c1cccc(Cl)c1F. The van der Waals surface area contributed by atoms with E-state index in [1.54, 1.807) is 45.5 Å². The molecule has 1 unspecified atom stereocenters. The number of methoxy groups -OCH3 is 2. The van der Waals surface area contributed by atoms with E-state index in [1.165, 1.54) is 6.07 Å². The smallest absolute Gasteiger partial charge is 0.146 e. The molecule has 5 heteroatoms. The van der Waals surface area contributed by atoms with Crippen molar-refractivity contribution in [3.8, 4) is 11.5 Å². The van der Waals surface area contributed by atoms with E-state index in [2.05, 4.69) is 5.32 Å². The highest BCUT2D eigenvalue weighted by Crippen LogP contribution is 2.35. The molecule has 2 aromatic rings. The highest BCUT2D eigenvalue weighted by atomic mass is 35.5. The van der Waals surface area contributed by atoms with E-state index in [0.717, 1.165) is 5.56 Å². The van der Waals surface area contributed by atoms with Gasteiger partial charge in [-0.1, -0.05) is 23.7 Å². The molecule has 0 spiro atoms. The summed E-state index contributed by atoms with van der Waals surface area (Å²) in [5, 5.41) is 3.19. The third-order valence-corrected chi connectivity index (χ3v) is 3.62. The van der Waals surface area contributed by atoms with Crippen molar-refractivity contribution in [2.75, 3.05) is 21.3 Å². The van der Waals surface area contributed by atoms with Gasteiger partial charge in [-0.05, 0) is 31.3 Å². The molecule has 0 saturated carbocycles.